The van der Waals surface area contributed by atoms with E-state index in [9.17, 15) is 9.59 Å². The Labute approximate surface area is 130 Å². The molecule has 1 heterocycles. The second-order valence-corrected chi connectivity index (χ2v) is 5.84. The summed E-state index contributed by atoms with van der Waals surface area (Å²) in [4.78, 5) is 25.4. The molecule has 0 spiro atoms. The number of carboxylic acid groups (broad SMARTS) is 1. The molecule has 1 aromatic rings. The van der Waals surface area contributed by atoms with Crippen LogP contribution in [0.25, 0.3) is 0 Å². The summed E-state index contributed by atoms with van der Waals surface area (Å²) in [6, 6.07) is 5.44. The van der Waals surface area contributed by atoms with Gasteiger partial charge in [0, 0.05) is 25.1 Å². The first-order valence-corrected chi connectivity index (χ1v) is 7.64. The van der Waals surface area contributed by atoms with Gasteiger partial charge in [0.25, 0.3) is 0 Å². The Morgan fingerprint density at radius 3 is 2.82 bits per heavy atom. The lowest BCUT2D eigenvalue weighted by atomic mass is 9.97. The van der Waals surface area contributed by atoms with Gasteiger partial charge in [0.15, 0.2) is 5.78 Å². The van der Waals surface area contributed by atoms with Gasteiger partial charge in [0.2, 0.25) is 0 Å². The van der Waals surface area contributed by atoms with E-state index >= 15 is 0 Å². The number of carboxylic acids is 1. The number of ether oxygens (including phenoxy) is 1. The smallest absolute Gasteiger partial charge is 0.307 e. The summed E-state index contributed by atoms with van der Waals surface area (Å²) in [6.45, 7) is 3.95. The highest BCUT2D eigenvalue weighted by Gasteiger charge is 2.25. The molecule has 1 aliphatic heterocycles. The number of benzene rings is 1. The molecule has 1 unspecified atom stereocenters. The Balaban J connectivity index is 1.89. The van der Waals surface area contributed by atoms with E-state index < -0.39 is 5.97 Å². The highest BCUT2D eigenvalue weighted by Crippen LogP contribution is 2.20. The van der Waals surface area contributed by atoms with Crippen molar-refractivity contribution in [3.05, 3.63) is 29.3 Å². The molecule has 1 aliphatic rings. The number of likely N-dealkylation sites (tertiary alicyclic amines) is 1. The largest absolute Gasteiger partial charge is 0.496 e. The molecule has 0 saturated carbocycles. The van der Waals surface area contributed by atoms with E-state index in [1.165, 1.54) is 0 Å². The predicted molar refractivity (Wildman–Crippen MR) is 83.5 cm³/mol. The number of Topliss-reactive ketones (excluding diaryl/α,β-unsaturated/α-hetero) is 1. The topological polar surface area (TPSA) is 66.8 Å². The maximum Gasteiger partial charge on any atom is 0.307 e. The number of methoxy groups -OCH3 is 1. The van der Waals surface area contributed by atoms with E-state index in [1.807, 2.05) is 19.1 Å². The van der Waals surface area contributed by atoms with Crippen molar-refractivity contribution in [1.82, 2.24) is 4.90 Å². The quantitative estimate of drug-likeness (QED) is 0.817. The van der Waals surface area contributed by atoms with E-state index in [-0.39, 0.29) is 11.7 Å². The van der Waals surface area contributed by atoms with Crippen LogP contribution < -0.4 is 4.74 Å². The number of ketones is 1. The normalized spacial score (nSPS) is 18.9. The van der Waals surface area contributed by atoms with Gasteiger partial charge >= 0.3 is 5.97 Å². The van der Waals surface area contributed by atoms with Crippen LogP contribution in [0.4, 0.5) is 0 Å². The molecule has 5 nitrogen and oxygen atoms in total. The molecule has 1 fully saturated rings. The molecule has 0 amide bonds. The number of hydrogen-bond acceptors (Lipinski definition) is 4. The highest BCUT2D eigenvalue weighted by atomic mass is 16.5. The maximum atomic E-state index is 12.3. The Hall–Kier alpha value is -1.88. The van der Waals surface area contributed by atoms with Gasteiger partial charge in [-0.1, -0.05) is 0 Å². The zero-order chi connectivity index (χ0) is 16.1. The standard InChI is InChI=1S/C17H23NO4/c1-12-10-13(5-6-16(12)22-2)15(19)7-9-18-8-3-4-14(11-18)17(20)21/h5-6,10,14H,3-4,7-9,11H2,1-2H3,(H,20,21). The number of hydrogen-bond donors (Lipinski definition) is 1. The molecule has 0 aromatic heterocycles. The predicted octanol–water partition coefficient (Wildman–Crippen LogP) is 2.37. The van der Waals surface area contributed by atoms with Gasteiger partial charge in [-0.2, -0.15) is 0 Å². The summed E-state index contributed by atoms with van der Waals surface area (Å²) in [5, 5.41) is 9.09. The van der Waals surface area contributed by atoms with Gasteiger partial charge < -0.3 is 14.7 Å². The van der Waals surface area contributed by atoms with Gasteiger partial charge in [-0.25, -0.2) is 0 Å². The molecule has 0 aliphatic carbocycles. The Bertz CT molecular complexity index is 556. The lowest BCUT2D eigenvalue weighted by Gasteiger charge is -2.30. The van der Waals surface area contributed by atoms with Crippen LogP contribution in [0.3, 0.4) is 0 Å². The van der Waals surface area contributed by atoms with Gasteiger partial charge in [-0.05, 0) is 50.1 Å². The summed E-state index contributed by atoms with van der Waals surface area (Å²) in [5.74, 6) is -0.172. The summed E-state index contributed by atoms with van der Waals surface area (Å²) in [7, 11) is 1.61. The minimum atomic E-state index is -0.734. The number of piperidine rings is 1. The van der Waals surface area contributed by atoms with E-state index in [4.69, 9.17) is 9.84 Å². The average Bonchev–Trinajstić information content (AvgIpc) is 2.52. The molecule has 22 heavy (non-hydrogen) atoms. The van der Waals surface area contributed by atoms with Crippen LogP contribution in [0.1, 0.15) is 35.2 Å². The van der Waals surface area contributed by atoms with Crippen molar-refractivity contribution < 1.29 is 19.4 Å². The van der Waals surface area contributed by atoms with Crippen LogP contribution in [0.15, 0.2) is 18.2 Å². The molecule has 2 rings (SSSR count). The fraction of sp³-hybridized carbons (Fsp3) is 0.529. The SMILES string of the molecule is COc1ccc(C(=O)CCN2CCCC(C(=O)O)C2)cc1C. The third-order valence-corrected chi connectivity index (χ3v) is 4.23. The molecular weight excluding hydrogens is 282 g/mol. The fourth-order valence-corrected chi connectivity index (χ4v) is 2.92. The molecule has 0 bridgehead atoms. The fourth-order valence-electron chi connectivity index (χ4n) is 2.92. The van der Waals surface area contributed by atoms with Crippen molar-refractivity contribution in [3.8, 4) is 5.75 Å². The van der Waals surface area contributed by atoms with Crippen LogP contribution in [-0.2, 0) is 4.79 Å². The van der Waals surface area contributed by atoms with E-state index in [0.29, 0.717) is 25.1 Å². The number of rotatable bonds is 6. The third kappa shape index (κ3) is 4.07. The molecule has 1 saturated heterocycles. The van der Waals surface area contributed by atoms with Crippen LogP contribution in [0.2, 0.25) is 0 Å². The number of carbonyl (C=O) groups is 2. The maximum absolute atomic E-state index is 12.3. The molecule has 1 atom stereocenters. The lowest BCUT2D eigenvalue weighted by Crippen LogP contribution is -2.39. The van der Waals surface area contributed by atoms with Crippen LogP contribution in [0.5, 0.6) is 5.75 Å². The number of carbonyl (C=O) groups excluding carboxylic acids is 1. The zero-order valence-electron chi connectivity index (χ0n) is 13.2. The summed E-state index contributed by atoms with van der Waals surface area (Å²) in [5.41, 5.74) is 1.63. The third-order valence-electron chi connectivity index (χ3n) is 4.23. The minimum absolute atomic E-state index is 0.0863. The van der Waals surface area contributed by atoms with Crippen molar-refractivity contribution >= 4 is 11.8 Å². The zero-order valence-corrected chi connectivity index (χ0v) is 13.2. The van der Waals surface area contributed by atoms with Gasteiger partial charge in [-0.15, -0.1) is 0 Å². The van der Waals surface area contributed by atoms with Crippen molar-refractivity contribution in [2.75, 3.05) is 26.7 Å². The molecule has 1 aromatic carbocycles. The molecule has 1 N–H and O–H groups in total. The van der Waals surface area contributed by atoms with Crippen LogP contribution in [0, 0.1) is 12.8 Å². The number of nitrogens with zero attached hydrogens (tertiary/aromatic N) is 1. The van der Waals surface area contributed by atoms with Gasteiger partial charge in [0.05, 0.1) is 13.0 Å². The Kier molecular flexibility index (Phi) is 5.55. The second-order valence-electron chi connectivity index (χ2n) is 5.84. The van der Waals surface area contributed by atoms with E-state index in [1.54, 1.807) is 13.2 Å². The first-order valence-electron chi connectivity index (χ1n) is 7.64. The summed E-state index contributed by atoms with van der Waals surface area (Å²) < 4.78 is 5.19. The summed E-state index contributed by atoms with van der Waals surface area (Å²) >= 11 is 0. The molecule has 5 heteroatoms. The van der Waals surface area contributed by atoms with Gasteiger partial charge in [0.1, 0.15) is 5.75 Å². The van der Waals surface area contributed by atoms with Crippen LogP contribution >= 0.6 is 0 Å². The first-order chi connectivity index (χ1) is 10.5. The Morgan fingerprint density at radius 1 is 1.41 bits per heavy atom. The van der Waals surface area contributed by atoms with Crippen molar-refractivity contribution in [2.45, 2.75) is 26.2 Å². The monoisotopic (exact) mass is 305 g/mol. The molecule has 120 valence electrons. The molecular formula is C17H23NO4. The van der Waals surface area contributed by atoms with Crippen molar-refractivity contribution in [1.29, 1.82) is 0 Å². The second kappa shape index (κ2) is 7.40. The first kappa shape index (κ1) is 16.5. The molecule has 0 radical (unpaired) electrons. The Morgan fingerprint density at radius 2 is 2.18 bits per heavy atom. The van der Waals surface area contributed by atoms with Crippen LogP contribution in [-0.4, -0.2) is 48.5 Å². The number of aliphatic carboxylic acids is 1. The lowest BCUT2D eigenvalue weighted by molar-refractivity contribution is -0.143. The summed E-state index contributed by atoms with van der Waals surface area (Å²) in [6.07, 6.45) is 2.03. The van der Waals surface area contributed by atoms with Crippen molar-refractivity contribution in [3.63, 3.8) is 0 Å². The van der Waals surface area contributed by atoms with E-state index in [2.05, 4.69) is 4.90 Å². The highest BCUT2D eigenvalue weighted by molar-refractivity contribution is 5.96. The van der Waals surface area contributed by atoms with Crippen molar-refractivity contribution in [2.24, 2.45) is 5.92 Å². The van der Waals surface area contributed by atoms with Gasteiger partial charge in [-0.3, -0.25) is 9.59 Å². The average molecular weight is 305 g/mol. The number of aryl methyl sites for hydroxylation is 1. The van der Waals surface area contributed by atoms with E-state index in [0.717, 1.165) is 30.7 Å². The minimum Gasteiger partial charge on any atom is -0.496 e.